The molecule has 0 heterocycles. The van der Waals surface area contributed by atoms with Crippen LogP contribution in [0.1, 0.15) is 52.5 Å². The quantitative estimate of drug-likeness (QED) is 0.587. The van der Waals surface area contributed by atoms with E-state index in [-0.39, 0.29) is 5.04 Å². The first-order chi connectivity index (χ1) is 10.5. The number of hydrogen-bond acceptors (Lipinski definition) is 2. The number of nitrogens with zero attached hydrogens (tertiary/aromatic N) is 1. The van der Waals surface area contributed by atoms with Gasteiger partial charge in [-0.05, 0) is 68.2 Å². The Labute approximate surface area is 145 Å². The minimum absolute atomic E-state index is 0.228. The van der Waals surface area contributed by atoms with E-state index in [1.54, 1.807) is 0 Å². The molecular weight excluding hydrogens is 298 g/mol. The molecular formula is C20H37NOSi. The van der Waals surface area contributed by atoms with Gasteiger partial charge in [0.2, 0.25) is 8.32 Å². The van der Waals surface area contributed by atoms with Crippen LogP contribution in [0.3, 0.4) is 0 Å². The van der Waals surface area contributed by atoms with E-state index < -0.39 is 8.32 Å². The van der Waals surface area contributed by atoms with Crippen LogP contribution in [0.4, 0.5) is 0 Å². The van der Waals surface area contributed by atoms with Crippen LogP contribution in [-0.4, -0.2) is 33.9 Å². The zero-order valence-corrected chi connectivity index (χ0v) is 17.7. The highest BCUT2D eigenvalue weighted by atomic mass is 28.4. The van der Waals surface area contributed by atoms with Crippen molar-refractivity contribution in [3.05, 3.63) is 29.8 Å². The van der Waals surface area contributed by atoms with Crippen molar-refractivity contribution in [2.45, 2.75) is 65.1 Å². The van der Waals surface area contributed by atoms with Gasteiger partial charge in [0, 0.05) is 6.54 Å². The summed E-state index contributed by atoms with van der Waals surface area (Å²) in [4.78, 5) is 2.28. The number of benzene rings is 1. The lowest BCUT2D eigenvalue weighted by molar-refractivity contribution is 0.301. The van der Waals surface area contributed by atoms with Crippen LogP contribution in [0.15, 0.2) is 24.3 Å². The lowest BCUT2D eigenvalue weighted by atomic mass is 9.85. The van der Waals surface area contributed by atoms with Gasteiger partial charge < -0.3 is 9.33 Å². The minimum Gasteiger partial charge on any atom is -0.543 e. The number of hydrogen-bond donors (Lipinski definition) is 0. The summed E-state index contributed by atoms with van der Waals surface area (Å²) in [7, 11) is 2.53. The van der Waals surface area contributed by atoms with Gasteiger partial charge in [-0.2, -0.15) is 0 Å². The second-order valence-electron chi connectivity index (χ2n) is 8.69. The summed E-state index contributed by atoms with van der Waals surface area (Å²) >= 11 is 0. The van der Waals surface area contributed by atoms with Crippen molar-refractivity contribution in [2.75, 3.05) is 20.6 Å². The Balaban J connectivity index is 2.99. The van der Waals surface area contributed by atoms with Crippen LogP contribution in [0, 0.1) is 5.92 Å². The predicted molar refractivity (Wildman–Crippen MR) is 105 cm³/mol. The summed E-state index contributed by atoms with van der Waals surface area (Å²) in [5.74, 6) is 2.27. The normalized spacial score (nSPS) is 15.6. The highest BCUT2D eigenvalue weighted by Gasteiger charge is 2.39. The fraction of sp³-hybridized carbons (Fsp3) is 0.700. The van der Waals surface area contributed by atoms with Crippen molar-refractivity contribution in [1.29, 1.82) is 0 Å². The van der Waals surface area contributed by atoms with E-state index in [9.17, 15) is 0 Å². The molecule has 1 rings (SSSR count). The molecule has 0 N–H and O–H groups in total. The van der Waals surface area contributed by atoms with Gasteiger partial charge in [0.1, 0.15) is 5.75 Å². The Kier molecular flexibility index (Phi) is 6.91. The molecule has 1 aromatic carbocycles. The van der Waals surface area contributed by atoms with Gasteiger partial charge in [-0.1, -0.05) is 46.8 Å². The molecule has 0 aliphatic heterocycles. The third kappa shape index (κ3) is 5.65. The Bertz CT molecular complexity index is 491. The molecule has 1 aromatic rings. The second kappa shape index (κ2) is 7.85. The van der Waals surface area contributed by atoms with Crippen LogP contribution in [0.2, 0.25) is 18.1 Å². The van der Waals surface area contributed by atoms with E-state index >= 15 is 0 Å². The fourth-order valence-electron chi connectivity index (χ4n) is 2.93. The van der Waals surface area contributed by atoms with E-state index in [1.807, 2.05) is 0 Å². The molecule has 23 heavy (non-hydrogen) atoms. The SMILES string of the molecule is CC[C@@H](c1cccc(O[Si](C)(C)C(C)(C)C)c1)[C@@H](C)CN(C)C. The van der Waals surface area contributed by atoms with Gasteiger partial charge in [0.15, 0.2) is 0 Å². The largest absolute Gasteiger partial charge is 0.543 e. The van der Waals surface area contributed by atoms with Crippen LogP contribution in [-0.2, 0) is 0 Å². The molecule has 0 fully saturated rings. The smallest absolute Gasteiger partial charge is 0.250 e. The summed E-state index contributed by atoms with van der Waals surface area (Å²) in [6.45, 7) is 17.3. The van der Waals surface area contributed by atoms with E-state index in [4.69, 9.17) is 4.43 Å². The molecule has 0 bridgehead atoms. The summed E-state index contributed by atoms with van der Waals surface area (Å²) in [5, 5.41) is 0.228. The second-order valence-corrected chi connectivity index (χ2v) is 13.4. The van der Waals surface area contributed by atoms with Gasteiger partial charge in [0.25, 0.3) is 0 Å². The van der Waals surface area contributed by atoms with Crippen molar-refractivity contribution in [1.82, 2.24) is 4.90 Å². The van der Waals surface area contributed by atoms with Crippen LogP contribution >= 0.6 is 0 Å². The van der Waals surface area contributed by atoms with Crippen molar-refractivity contribution >= 4 is 8.32 Å². The first-order valence-corrected chi connectivity index (χ1v) is 11.8. The van der Waals surface area contributed by atoms with Gasteiger partial charge in [-0.15, -0.1) is 0 Å². The molecule has 3 heteroatoms. The highest BCUT2D eigenvalue weighted by molar-refractivity contribution is 6.74. The third-order valence-corrected chi connectivity index (χ3v) is 9.60. The topological polar surface area (TPSA) is 12.5 Å². The molecule has 0 unspecified atom stereocenters. The summed E-state index contributed by atoms with van der Waals surface area (Å²) in [6, 6.07) is 8.82. The molecule has 0 aliphatic carbocycles. The van der Waals surface area contributed by atoms with Gasteiger partial charge >= 0.3 is 0 Å². The Morgan fingerprint density at radius 1 is 1.17 bits per heavy atom. The lowest BCUT2D eigenvalue weighted by Crippen LogP contribution is -2.43. The Hall–Kier alpha value is -0.803. The molecule has 2 atom stereocenters. The maximum absolute atomic E-state index is 6.49. The summed E-state index contributed by atoms with van der Waals surface area (Å²) < 4.78 is 6.49. The average molecular weight is 336 g/mol. The Morgan fingerprint density at radius 3 is 2.26 bits per heavy atom. The number of rotatable bonds is 7. The molecule has 132 valence electrons. The van der Waals surface area contributed by atoms with Crippen LogP contribution < -0.4 is 4.43 Å². The van der Waals surface area contributed by atoms with Gasteiger partial charge in [-0.25, -0.2) is 0 Å². The van der Waals surface area contributed by atoms with Gasteiger partial charge in [-0.3, -0.25) is 0 Å². The van der Waals surface area contributed by atoms with Crippen molar-refractivity contribution in [3.8, 4) is 5.75 Å². The maximum Gasteiger partial charge on any atom is 0.250 e. The molecule has 2 nitrogen and oxygen atoms in total. The maximum atomic E-state index is 6.49. The molecule has 0 radical (unpaired) electrons. The molecule has 0 spiro atoms. The predicted octanol–water partition coefficient (Wildman–Crippen LogP) is 5.76. The third-order valence-electron chi connectivity index (χ3n) is 5.25. The molecule has 0 saturated heterocycles. The van der Waals surface area contributed by atoms with Crippen molar-refractivity contribution in [3.63, 3.8) is 0 Å². The van der Waals surface area contributed by atoms with Crippen LogP contribution in [0.5, 0.6) is 5.75 Å². The zero-order valence-electron chi connectivity index (χ0n) is 16.7. The first kappa shape index (κ1) is 20.2. The lowest BCUT2D eigenvalue weighted by Gasteiger charge is -2.36. The average Bonchev–Trinajstić information content (AvgIpc) is 2.37. The van der Waals surface area contributed by atoms with E-state index in [0.717, 1.165) is 12.3 Å². The molecule has 0 saturated carbocycles. The fourth-order valence-corrected chi connectivity index (χ4v) is 3.95. The summed E-state index contributed by atoms with van der Waals surface area (Å²) in [5.41, 5.74) is 1.41. The van der Waals surface area contributed by atoms with Crippen molar-refractivity contribution < 1.29 is 4.43 Å². The van der Waals surface area contributed by atoms with E-state index in [1.165, 1.54) is 12.0 Å². The van der Waals surface area contributed by atoms with Crippen LogP contribution in [0.25, 0.3) is 0 Å². The van der Waals surface area contributed by atoms with E-state index in [2.05, 4.69) is 91.0 Å². The Morgan fingerprint density at radius 2 is 1.78 bits per heavy atom. The van der Waals surface area contributed by atoms with Gasteiger partial charge in [0.05, 0.1) is 0 Å². The molecule has 0 aromatic heterocycles. The standard InChI is InChI=1S/C20H37NOSi/c1-10-19(16(2)15-21(6)7)17-12-11-13-18(14-17)22-23(8,9)20(3,4)5/h11-14,16,19H,10,15H2,1-9H3/t16-,19+/m0/s1. The highest BCUT2D eigenvalue weighted by Crippen LogP contribution is 2.38. The van der Waals surface area contributed by atoms with E-state index in [0.29, 0.717) is 11.8 Å². The molecule has 0 amide bonds. The zero-order chi connectivity index (χ0) is 17.8. The summed E-state index contributed by atoms with van der Waals surface area (Å²) in [6.07, 6.45) is 1.17. The monoisotopic (exact) mass is 335 g/mol. The van der Waals surface area contributed by atoms with Crippen molar-refractivity contribution in [2.24, 2.45) is 5.92 Å². The molecule has 0 aliphatic rings. The first-order valence-electron chi connectivity index (χ1n) is 8.91. The minimum atomic E-state index is -1.78.